The van der Waals surface area contributed by atoms with Gasteiger partial charge >= 0.3 is 5.51 Å². The number of rotatable bonds is 13. The Labute approximate surface area is 203 Å². The highest BCUT2D eigenvalue weighted by Gasteiger charge is 2.47. The molecule has 0 spiro atoms. The lowest BCUT2D eigenvalue weighted by molar-refractivity contribution is -0.0436. The van der Waals surface area contributed by atoms with Crippen LogP contribution in [0.25, 0.3) is 0 Å². The van der Waals surface area contributed by atoms with Crippen LogP contribution in [-0.2, 0) is 19.9 Å². The lowest BCUT2D eigenvalue weighted by Crippen LogP contribution is -2.46. The van der Waals surface area contributed by atoms with E-state index >= 15 is 0 Å². The van der Waals surface area contributed by atoms with Gasteiger partial charge in [0.05, 0.1) is 9.79 Å². The van der Waals surface area contributed by atoms with Gasteiger partial charge in [-0.2, -0.15) is 13.2 Å². The topological polar surface area (TPSA) is 95.6 Å². The van der Waals surface area contributed by atoms with Gasteiger partial charge in [0.1, 0.15) is 0 Å². The van der Waals surface area contributed by atoms with E-state index in [1.807, 2.05) is 44.2 Å². The minimum Gasteiger partial charge on any atom is -0.304 e. The number of halogens is 3. The minimum atomic E-state index is -5.68. The van der Waals surface area contributed by atoms with Crippen LogP contribution >= 0.6 is 11.8 Å². The average Bonchev–Trinajstić information content (AvgIpc) is 2.81. The third-order valence-corrected chi connectivity index (χ3v) is 8.93. The third-order valence-electron chi connectivity index (χ3n) is 5.01. The van der Waals surface area contributed by atoms with E-state index in [1.165, 1.54) is 11.8 Å². The number of hydrazine groups is 1. The van der Waals surface area contributed by atoms with Crippen molar-refractivity contribution in [3.05, 3.63) is 54.6 Å². The molecule has 0 radical (unpaired) electrons. The highest BCUT2D eigenvalue weighted by atomic mass is 32.2. The van der Waals surface area contributed by atoms with Crippen LogP contribution in [0.1, 0.15) is 20.3 Å². The standard InChI is InChI=1S/C21H28F3N3O4S3/c1-3-27(4-2)14-13-17(16-32-18-9-6-5-7-10-18)25-26-34(30,31)20-12-8-11-19(15-20)33(28,29)21(22,23)24/h5-12,15,17,25-26H,3-4,13-14,16H2,1-2H3/t17-/m1/s1. The molecule has 0 saturated carbocycles. The molecule has 0 fully saturated rings. The van der Waals surface area contributed by atoms with Crippen molar-refractivity contribution >= 4 is 31.6 Å². The fourth-order valence-electron chi connectivity index (χ4n) is 2.95. The van der Waals surface area contributed by atoms with Crippen LogP contribution in [0.3, 0.4) is 0 Å². The fourth-order valence-corrected chi connectivity index (χ4v) is 5.81. The van der Waals surface area contributed by atoms with E-state index < -0.39 is 35.2 Å². The molecule has 7 nitrogen and oxygen atoms in total. The van der Waals surface area contributed by atoms with E-state index in [0.29, 0.717) is 30.9 Å². The zero-order valence-corrected chi connectivity index (χ0v) is 21.2. The highest BCUT2D eigenvalue weighted by molar-refractivity contribution is 7.99. The summed E-state index contributed by atoms with van der Waals surface area (Å²) in [5.41, 5.74) is -2.77. The third kappa shape index (κ3) is 7.95. The Morgan fingerprint density at radius 1 is 0.941 bits per heavy atom. The van der Waals surface area contributed by atoms with Gasteiger partial charge in [-0.05, 0) is 56.4 Å². The minimum absolute atomic E-state index is 0.303. The molecule has 0 amide bonds. The van der Waals surface area contributed by atoms with Gasteiger partial charge in [-0.1, -0.05) is 38.1 Å². The second kappa shape index (κ2) is 12.4. The molecule has 2 rings (SSSR count). The molecule has 13 heteroatoms. The predicted molar refractivity (Wildman–Crippen MR) is 126 cm³/mol. The number of sulfonamides is 1. The molecule has 1 atom stereocenters. The summed E-state index contributed by atoms with van der Waals surface area (Å²) in [5.74, 6) is 0.524. The molecular formula is C21H28F3N3O4S3. The maximum Gasteiger partial charge on any atom is 0.501 e. The molecule has 0 aromatic heterocycles. The van der Waals surface area contributed by atoms with Gasteiger partial charge in [-0.3, -0.25) is 0 Å². The van der Waals surface area contributed by atoms with Crippen LogP contribution in [0.5, 0.6) is 0 Å². The first-order chi connectivity index (χ1) is 15.9. The molecule has 2 N–H and O–H groups in total. The summed E-state index contributed by atoms with van der Waals surface area (Å²) < 4.78 is 87.4. The summed E-state index contributed by atoms with van der Waals surface area (Å²) >= 11 is 1.53. The van der Waals surface area contributed by atoms with Gasteiger partial charge in [0.2, 0.25) is 0 Å². The number of alkyl halides is 3. The van der Waals surface area contributed by atoms with Gasteiger partial charge < -0.3 is 4.90 Å². The van der Waals surface area contributed by atoms with Gasteiger partial charge in [-0.25, -0.2) is 22.3 Å². The summed E-state index contributed by atoms with van der Waals surface area (Å²) in [6.07, 6.45) is 0.604. The molecule has 0 saturated heterocycles. The van der Waals surface area contributed by atoms with Crippen LogP contribution < -0.4 is 10.3 Å². The van der Waals surface area contributed by atoms with Gasteiger partial charge in [0.25, 0.3) is 19.9 Å². The quantitative estimate of drug-likeness (QED) is 0.296. The molecule has 0 aliphatic rings. The number of sulfone groups is 1. The maximum absolute atomic E-state index is 12.9. The Bertz CT molecular complexity index is 1120. The summed E-state index contributed by atoms with van der Waals surface area (Å²) in [6, 6.07) is 12.4. The number of hydrogen-bond acceptors (Lipinski definition) is 7. The number of nitrogens with zero attached hydrogens (tertiary/aromatic N) is 1. The monoisotopic (exact) mass is 539 g/mol. The van der Waals surface area contributed by atoms with E-state index in [4.69, 9.17) is 0 Å². The first-order valence-electron chi connectivity index (χ1n) is 10.5. The van der Waals surface area contributed by atoms with E-state index in [1.54, 1.807) is 0 Å². The Morgan fingerprint density at radius 2 is 1.56 bits per heavy atom. The molecule has 190 valence electrons. The first-order valence-corrected chi connectivity index (χ1v) is 14.4. The van der Waals surface area contributed by atoms with Crippen LogP contribution in [0, 0.1) is 0 Å². The Morgan fingerprint density at radius 3 is 2.15 bits per heavy atom. The van der Waals surface area contributed by atoms with E-state index in [2.05, 4.69) is 15.2 Å². The lowest BCUT2D eigenvalue weighted by Gasteiger charge is -2.24. The Kier molecular flexibility index (Phi) is 10.4. The fraction of sp³-hybridized carbons (Fsp3) is 0.429. The summed E-state index contributed by atoms with van der Waals surface area (Å²) in [5, 5.41) is 0. The molecular weight excluding hydrogens is 511 g/mol. The normalized spacial score (nSPS) is 13.8. The van der Waals surface area contributed by atoms with Crippen molar-refractivity contribution in [3.63, 3.8) is 0 Å². The molecule has 0 unspecified atom stereocenters. The van der Waals surface area contributed by atoms with Crippen molar-refractivity contribution < 1.29 is 30.0 Å². The van der Waals surface area contributed by atoms with Crippen LogP contribution in [0.4, 0.5) is 13.2 Å². The highest BCUT2D eigenvalue weighted by Crippen LogP contribution is 2.31. The Balaban J connectivity index is 2.16. The molecule has 0 bridgehead atoms. The average molecular weight is 540 g/mol. The predicted octanol–water partition coefficient (Wildman–Crippen LogP) is 3.66. The van der Waals surface area contributed by atoms with Crippen molar-refractivity contribution in [2.75, 3.05) is 25.4 Å². The van der Waals surface area contributed by atoms with Crippen LogP contribution in [0.2, 0.25) is 0 Å². The lowest BCUT2D eigenvalue weighted by atomic mass is 10.2. The largest absolute Gasteiger partial charge is 0.501 e. The smallest absolute Gasteiger partial charge is 0.304 e. The van der Waals surface area contributed by atoms with Crippen molar-refractivity contribution in [3.8, 4) is 0 Å². The first kappa shape index (κ1) is 28.6. The summed E-state index contributed by atoms with van der Waals surface area (Å²) in [7, 11) is -10.0. The number of hydrogen-bond donors (Lipinski definition) is 2. The molecule has 0 aliphatic heterocycles. The molecule has 2 aromatic rings. The Hall–Kier alpha value is -1.64. The number of nitrogens with one attached hydrogen (secondary N) is 2. The summed E-state index contributed by atoms with van der Waals surface area (Å²) in [6.45, 7) is 6.42. The molecule has 0 heterocycles. The maximum atomic E-state index is 12.9. The van der Waals surface area contributed by atoms with Gasteiger partial charge in [-0.15, -0.1) is 16.6 Å². The zero-order chi connectivity index (χ0) is 25.4. The van der Waals surface area contributed by atoms with Crippen molar-refractivity contribution in [1.82, 2.24) is 15.2 Å². The van der Waals surface area contributed by atoms with E-state index in [9.17, 15) is 30.0 Å². The molecule has 0 aliphatic carbocycles. The number of benzene rings is 2. The van der Waals surface area contributed by atoms with Gasteiger partial charge in [0, 0.05) is 16.7 Å². The van der Waals surface area contributed by atoms with Crippen molar-refractivity contribution in [2.45, 2.75) is 46.5 Å². The van der Waals surface area contributed by atoms with Gasteiger partial charge in [0.15, 0.2) is 0 Å². The van der Waals surface area contributed by atoms with Crippen molar-refractivity contribution in [1.29, 1.82) is 0 Å². The molecule has 34 heavy (non-hydrogen) atoms. The van der Waals surface area contributed by atoms with Crippen molar-refractivity contribution in [2.24, 2.45) is 0 Å². The summed E-state index contributed by atoms with van der Waals surface area (Å²) in [4.78, 5) is 3.66. The molecule has 2 aromatic carbocycles. The van der Waals surface area contributed by atoms with Crippen LogP contribution in [0.15, 0.2) is 69.3 Å². The zero-order valence-electron chi connectivity index (χ0n) is 18.7. The second-order valence-corrected chi connectivity index (χ2v) is 12.0. The second-order valence-electron chi connectivity index (χ2n) is 7.31. The van der Waals surface area contributed by atoms with Crippen LogP contribution in [-0.4, -0.2) is 58.7 Å². The van der Waals surface area contributed by atoms with E-state index in [-0.39, 0.29) is 6.04 Å². The SMILES string of the molecule is CCN(CC)CC[C@H](CSc1ccccc1)NNS(=O)(=O)c1cccc(S(=O)(=O)C(F)(F)F)c1. The number of thioether (sulfide) groups is 1. The van der Waals surface area contributed by atoms with E-state index in [0.717, 1.165) is 30.1 Å².